The summed E-state index contributed by atoms with van der Waals surface area (Å²) >= 11 is 3.38. The molecule has 1 aliphatic heterocycles. The second kappa shape index (κ2) is 5.53. The van der Waals surface area contributed by atoms with E-state index in [4.69, 9.17) is 0 Å². The molecule has 0 aromatic carbocycles. The average molecular weight is 288 g/mol. The molecule has 0 N–H and O–H groups in total. The van der Waals surface area contributed by atoms with Crippen LogP contribution in [0.3, 0.4) is 0 Å². The summed E-state index contributed by atoms with van der Waals surface area (Å²) in [6, 6.07) is 0. The van der Waals surface area contributed by atoms with Crippen molar-refractivity contribution in [1.29, 1.82) is 0 Å². The molecule has 0 radical (unpaired) electrons. The SMILES string of the molecule is CC(CBr)CN1CCC(C(F)(F)F)CC1. The van der Waals surface area contributed by atoms with Crippen molar-refractivity contribution in [3.63, 3.8) is 0 Å². The van der Waals surface area contributed by atoms with Gasteiger partial charge in [-0.25, -0.2) is 0 Å². The topological polar surface area (TPSA) is 3.24 Å². The molecule has 90 valence electrons. The molecule has 5 heteroatoms. The van der Waals surface area contributed by atoms with Crippen LogP contribution in [-0.4, -0.2) is 36.0 Å². The van der Waals surface area contributed by atoms with Crippen LogP contribution in [0.25, 0.3) is 0 Å². The predicted octanol–water partition coefficient (Wildman–Crippen LogP) is 3.29. The van der Waals surface area contributed by atoms with Crippen LogP contribution in [-0.2, 0) is 0 Å². The summed E-state index contributed by atoms with van der Waals surface area (Å²) in [5.41, 5.74) is 0. The van der Waals surface area contributed by atoms with Crippen molar-refractivity contribution in [3.05, 3.63) is 0 Å². The third-order valence-electron chi connectivity index (χ3n) is 2.88. The summed E-state index contributed by atoms with van der Waals surface area (Å²) < 4.78 is 37.1. The number of piperidine rings is 1. The van der Waals surface area contributed by atoms with Crippen LogP contribution in [0.15, 0.2) is 0 Å². The molecule has 0 bridgehead atoms. The van der Waals surface area contributed by atoms with Gasteiger partial charge in [0.25, 0.3) is 0 Å². The lowest BCUT2D eigenvalue weighted by molar-refractivity contribution is -0.185. The molecule has 0 aromatic rings. The Labute approximate surface area is 97.1 Å². The van der Waals surface area contributed by atoms with E-state index >= 15 is 0 Å². The summed E-state index contributed by atoms with van der Waals surface area (Å²) in [6.07, 6.45) is -3.47. The number of hydrogen-bond acceptors (Lipinski definition) is 1. The lowest BCUT2D eigenvalue weighted by Crippen LogP contribution is -2.40. The first kappa shape index (κ1) is 13.3. The van der Waals surface area contributed by atoms with E-state index in [1.165, 1.54) is 0 Å². The summed E-state index contributed by atoms with van der Waals surface area (Å²) in [6.45, 7) is 4.17. The second-order valence-corrected chi connectivity index (χ2v) is 5.02. The zero-order chi connectivity index (χ0) is 11.5. The normalized spacial score (nSPS) is 23.0. The van der Waals surface area contributed by atoms with Gasteiger partial charge in [-0.3, -0.25) is 0 Å². The van der Waals surface area contributed by atoms with Crippen LogP contribution < -0.4 is 0 Å². The fourth-order valence-corrected chi connectivity index (χ4v) is 2.14. The van der Waals surface area contributed by atoms with Crippen molar-refractivity contribution in [1.82, 2.24) is 4.90 Å². The molecule has 1 saturated heterocycles. The fraction of sp³-hybridized carbons (Fsp3) is 1.00. The van der Waals surface area contributed by atoms with Crippen molar-refractivity contribution in [2.24, 2.45) is 11.8 Å². The van der Waals surface area contributed by atoms with E-state index in [9.17, 15) is 13.2 Å². The standard InChI is InChI=1S/C10H17BrF3N/c1-8(6-11)7-15-4-2-9(3-5-15)10(12,13)14/h8-9H,2-7H2,1H3. The number of alkyl halides is 4. The van der Waals surface area contributed by atoms with Crippen molar-refractivity contribution in [2.45, 2.75) is 25.9 Å². The van der Waals surface area contributed by atoms with Gasteiger partial charge in [0.15, 0.2) is 0 Å². The Bertz CT molecular complexity index is 188. The van der Waals surface area contributed by atoms with E-state index < -0.39 is 12.1 Å². The Morgan fingerprint density at radius 3 is 2.27 bits per heavy atom. The first-order valence-electron chi connectivity index (χ1n) is 5.28. The van der Waals surface area contributed by atoms with E-state index in [1.54, 1.807) is 0 Å². The van der Waals surface area contributed by atoms with Crippen molar-refractivity contribution >= 4 is 15.9 Å². The monoisotopic (exact) mass is 287 g/mol. The highest BCUT2D eigenvalue weighted by Gasteiger charge is 2.40. The van der Waals surface area contributed by atoms with Crippen LogP contribution in [0.2, 0.25) is 0 Å². The maximum Gasteiger partial charge on any atom is 0.391 e. The third kappa shape index (κ3) is 4.31. The molecule has 0 amide bonds. The molecule has 1 rings (SSSR count). The maximum atomic E-state index is 12.4. The Hall–Kier alpha value is 0.230. The highest BCUT2D eigenvalue weighted by atomic mass is 79.9. The van der Waals surface area contributed by atoms with Gasteiger partial charge in [-0.2, -0.15) is 13.2 Å². The van der Waals surface area contributed by atoms with Gasteiger partial charge in [-0.1, -0.05) is 22.9 Å². The molecular formula is C10H17BrF3N. The molecule has 0 spiro atoms. The van der Waals surface area contributed by atoms with E-state index in [0.717, 1.165) is 11.9 Å². The van der Waals surface area contributed by atoms with E-state index in [2.05, 4.69) is 27.8 Å². The van der Waals surface area contributed by atoms with Crippen LogP contribution >= 0.6 is 15.9 Å². The molecule has 0 aromatic heterocycles. The van der Waals surface area contributed by atoms with Crippen LogP contribution in [0.1, 0.15) is 19.8 Å². The average Bonchev–Trinajstić information content (AvgIpc) is 2.17. The Balaban J connectivity index is 2.30. The Kier molecular flexibility index (Phi) is 4.90. The number of hydrogen-bond donors (Lipinski definition) is 0. The third-order valence-corrected chi connectivity index (χ3v) is 3.99. The molecule has 1 fully saturated rings. The number of nitrogens with zero attached hydrogens (tertiary/aromatic N) is 1. The molecule has 0 aliphatic carbocycles. The minimum atomic E-state index is -3.99. The van der Waals surface area contributed by atoms with Crippen LogP contribution in [0.5, 0.6) is 0 Å². The van der Waals surface area contributed by atoms with Crippen molar-refractivity contribution < 1.29 is 13.2 Å². The predicted molar refractivity (Wildman–Crippen MR) is 58.2 cm³/mol. The molecule has 1 heterocycles. The molecule has 1 unspecified atom stereocenters. The minimum absolute atomic E-state index is 0.262. The minimum Gasteiger partial charge on any atom is -0.303 e. The van der Waals surface area contributed by atoms with Gasteiger partial charge in [0.05, 0.1) is 5.92 Å². The summed E-state index contributed by atoms with van der Waals surface area (Å²) in [4.78, 5) is 2.13. The van der Waals surface area contributed by atoms with Crippen LogP contribution in [0, 0.1) is 11.8 Å². The summed E-state index contributed by atoms with van der Waals surface area (Å²) in [5, 5.41) is 0.909. The second-order valence-electron chi connectivity index (χ2n) is 4.38. The Morgan fingerprint density at radius 1 is 1.33 bits per heavy atom. The number of likely N-dealkylation sites (tertiary alicyclic amines) is 1. The highest BCUT2D eigenvalue weighted by molar-refractivity contribution is 9.09. The van der Waals surface area contributed by atoms with Gasteiger partial charge >= 0.3 is 6.18 Å². The van der Waals surface area contributed by atoms with Crippen LogP contribution in [0.4, 0.5) is 13.2 Å². The first-order chi connectivity index (χ1) is 6.93. The first-order valence-corrected chi connectivity index (χ1v) is 6.40. The quantitative estimate of drug-likeness (QED) is 0.720. The van der Waals surface area contributed by atoms with Gasteiger partial charge in [0.2, 0.25) is 0 Å². The van der Waals surface area contributed by atoms with Crippen molar-refractivity contribution in [3.8, 4) is 0 Å². The smallest absolute Gasteiger partial charge is 0.303 e. The fourth-order valence-electron chi connectivity index (χ4n) is 1.93. The summed E-state index contributed by atoms with van der Waals surface area (Å²) in [5.74, 6) is -0.569. The molecule has 1 atom stereocenters. The Morgan fingerprint density at radius 2 is 1.87 bits per heavy atom. The molecule has 1 aliphatic rings. The zero-order valence-corrected chi connectivity index (χ0v) is 10.4. The van der Waals surface area contributed by atoms with Crippen molar-refractivity contribution in [2.75, 3.05) is 25.0 Å². The van der Waals surface area contributed by atoms with Gasteiger partial charge in [-0.05, 0) is 31.8 Å². The zero-order valence-electron chi connectivity index (χ0n) is 8.86. The van der Waals surface area contributed by atoms with E-state index in [-0.39, 0.29) is 12.8 Å². The maximum absolute atomic E-state index is 12.4. The van der Waals surface area contributed by atoms with E-state index in [0.29, 0.717) is 19.0 Å². The molecule has 1 nitrogen and oxygen atoms in total. The largest absolute Gasteiger partial charge is 0.391 e. The van der Waals surface area contributed by atoms with E-state index in [1.807, 2.05) is 0 Å². The number of halogens is 4. The van der Waals surface area contributed by atoms with Gasteiger partial charge < -0.3 is 4.90 Å². The molecule has 15 heavy (non-hydrogen) atoms. The molecular weight excluding hydrogens is 271 g/mol. The highest BCUT2D eigenvalue weighted by Crippen LogP contribution is 2.34. The lowest BCUT2D eigenvalue weighted by Gasteiger charge is -2.34. The number of rotatable bonds is 3. The lowest BCUT2D eigenvalue weighted by atomic mass is 9.96. The van der Waals surface area contributed by atoms with Gasteiger partial charge in [0.1, 0.15) is 0 Å². The van der Waals surface area contributed by atoms with Gasteiger partial charge in [0, 0.05) is 11.9 Å². The molecule has 0 saturated carbocycles. The van der Waals surface area contributed by atoms with Gasteiger partial charge in [-0.15, -0.1) is 0 Å². The summed E-state index contributed by atoms with van der Waals surface area (Å²) in [7, 11) is 0.